The third kappa shape index (κ3) is 3.92. The molecule has 130 valence electrons. The maximum Gasteiger partial charge on any atom is 0.291 e. The maximum absolute atomic E-state index is 12.4. The highest BCUT2D eigenvalue weighted by atomic mass is 16.5. The molecule has 3 N–H and O–H groups in total. The standard InChI is InChI=1S/C19H21N3O3/c1-22(2)10-11-24-16-9-5-6-13-12-17(25-18(13)16)19(23)21-15-8-4-3-7-14(15)20/h3-9,12H,10-11,20H2,1-2H3,(H,21,23). The van der Waals surface area contributed by atoms with E-state index in [9.17, 15) is 4.79 Å². The minimum absolute atomic E-state index is 0.210. The third-order valence-electron chi connectivity index (χ3n) is 3.74. The number of fused-ring (bicyclic) bond motifs is 1. The molecule has 2 aromatic carbocycles. The summed E-state index contributed by atoms with van der Waals surface area (Å²) in [5, 5.41) is 3.57. The second-order valence-corrected chi connectivity index (χ2v) is 5.98. The number of nitrogens with one attached hydrogen (secondary N) is 1. The molecule has 3 rings (SSSR count). The van der Waals surface area contributed by atoms with Gasteiger partial charge in [-0.3, -0.25) is 4.79 Å². The highest BCUT2D eigenvalue weighted by Gasteiger charge is 2.16. The molecule has 25 heavy (non-hydrogen) atoms. The number of nitrogens with two attached hydrogens (primary N) is 1. The second kappa shape index (κ2) is 7.27. The lowest BCUT2D eigenvalue weighted by Crippen LogP contribution is -2.19. The topological polar surface area (TPSA) is 80.7 Å². The van der Waals surface area contributed by atoms with Crippen LogP contribution >= 0.6 is 0 Å². The van der Waals surface area contributed by atoms with Gasteiger partial charge in [0.2, 0.25) is 0 Å². The summed E-state index contributed by atoms with van der Waals surface area (Å²) in [7, 11) is 3.96. The molecule has 0 radical (unpaired) electrons. The summed E-state index contributed by atoms with van der Waals surface area (Å²) in [5.74, 6) is 0.480. The molecule has 0 aliphatic heterocycles. The van der Waals surface area contributed by atoms with E-state index in [1.807, 2.05) is 43.3 Å². The van der Waals surface area contributed by atoms with Gasteiger partial charge in [0.25, 0.3) is 5.91 Å². The quantitative estimate of drug-likeness (QED) is 0.674. The number of hydrogen-bond donors (Lipinski definition) is 2. The van der Waals surface area contributed by atoms with Crippen LogP contribution in [0.15, 0.2) is 52.9 Å². The van der Waals surface area contributed by atoms with Crippen LogP contribution < -0.4 is 15.8 Å². The molecule has 0 spiro atoms. The molecular formula is C19H21N3O3. The van der Waals surface area contributed by atoms with Crippen LogP contribution in [0.3, 0.4) is 0 Å². The number of carbonyl (C=O) groups excluding carboxylic acids is 1. The first kappa shape index (κ1) is 16.9. The van der Waals surface area contributed by atoms with E-state index < -0.39 is 0 Å². The van der Waals surface area contributed by atoms with E-state index in [4.69, 9.17) is 14.9 Å². The number of ether oxygens (including phenoxy) is 1. The average molecular weight is 339 g/mol. The summed E-state index contributed by atoms with van der Waals surface area (Å²) in [5.41, 5.74) is 7.47. The summed E-state index contributed by atoms with van der Waals surface area (Å²) in [6, 6.07) is 14.4. The molecule has 1 aromatic heterocycles. The molecule has 0 bridgehead atoms. The predicted octanol–water partition coefficient (Wildman–Crippen LogP) is 3.21. The van der Waals surface area contributed by atoms with Crippen molar-refractivity contribution in [3.05, 3.63) is 54.3 Å². The van der Waals surface area contributed by atoms with Crippen LogP contribution in [-0.4, -0.2) is 38.1 Å². The molecule has 6 nitrogen and oxygen atoms in total. The van der Waals surface area contributed by atoms with Crippen molar-refractivity contribution in [2.75, 3.05) is 38.3 Å². The number of nitrogens with zero attached hydrogens (tertiary/aromatic N) is 1. The Morgan fingerprint density at radius 3 is 2.76 bits per heavy atom. The minimum Gasteiger partial charge on any atom is -0.488 e. The Kier molecular flexibility index (Phi) is 4.90. The number of carbonyl (C=O) groups is 1. The number of hydrogen-bond acceptors (Lipinski definition) is 5. The fraction of sp³-hybridized carbons (Fsp3) is 0.211. The Morgan fingerprint density at radius 2 is 2.00 bits per heavy atom. The molecule has 0 aliphatic carbocycles. The molecule has 1 heterocycles. The molecule has 0 aliphatic rings. The normalized spacial score (nSPS) is 11.0. The van der Waals surface area contributed by atoms with E-state index >= 15 is 0 Å². The van der Waals surface area contributed by atoms with E-state index in [0.29, 0.717) is 29.3 Å². The van der Waals surface area contributed by atoms with Gasteiger partial charge < -0.3 is 25.1 Å². The van der Waals surface area contributed by atoms with Gasteiger partial charge >= 0.3 is 0 Å². The molecule has 0 fully saturated rings. The van der Waals surface area contributed by atoms with Crippen molar-refractivity contribution >= 4 is 28.3 Å². The molecule has 3 aromatic rings. The molecule has 0 saturated carbocycles. The largest absolute Gasteiger partial charge is 0.488 e. The van der Waals surface area contributed by atoms with E-state index in [1.54, 1.807) is 24.3 Å². The Morgan fingerprint density at radius 1 is 1.20 bits per heavy atom. The number of furan rings is 1. The highest BCUT2D eigenvalue weighted by Crippen LogP contribution is 2.29. The summed E-state index contributed by atoms with van der Waals surface area (Å²) in [6.45, 7) is 1.33. The van der Waals surface area contributed by atoms with Gasteiger partial charge in [0, 0.05) is 11.9 Å². The van der Waals surface area contributed by atoms with Crippen LogP contribution in [0.2, 0.25) is 0 Å². The minimum atomic E-state index is -0.353. The highest BCUT2D eigenvalue weighted by molar-refractivity contribution is 6.06. The van der Waals surface area contributed by atoms with E-state index in [1.165, 1.54) is 0 Å². The van der Waals surface area contributed by atoms with Crippen molar-refractivity contribution in [3.8, 4) is 5.75 Å². The molecular weight excluding hydrogens is 318 g/mol. The summed E-state index contributed by atoms with van der Waals surface area (Å²) in [6.07, 6.45) is 0. The fourth-order valence-electron chi connectivity index (χ4n) is 2.39. The molecule has 0 saturated heterocycles. The lowest BCUT2D eigenvalue weighted by molar-refractivity contribution is 0.0998. The predicted molar refractivity (Wildman–Crippen MR) is 99.1 cm³/mol. The first-order chi connectivity index (χ1) is 12.0. The molecule has 1 amide bonds. The van der Waals surface area contributed by atoms with Crippen LogP contribution in [0.4, 0.5) is 11.4 Å². The van der Waals surface area contributed by atoms with Crippen LogP contribution in [0.25, 0.3) is 11.0 Å². The van der Waals surface area contributed by atoms with Crippen LogP contribution in [0, 0.1) is 0 Å². The van der Waals surface area contributed by atoms with Crippen molar-refractivity contribution in [2.45, 2.75) is 0 Å². The second-order valence-electron chi connectivity index (χ2n) is 5.98. The number of likely N-dealkylation sites (N-methyl/N-ethyl adjacent to an activating group) is 1. The lowest BCUT2D eigenvalue weighted by Gasteiger charge is -2.11. The lowest BCUT2D eigenvalue weighted by atomic mass is 10.2. The Labute approximate surface area is 146 Å². The first-order valence-electron chi connectivity index (χ1n) is 8.00. The zero-order chi connectivity index (χ0) is 17.8. The SMILES string of the molecule is CN(C)CCOc1cccc2cc(C(=O)Nc3ccccc3N)oc12. The number of anilines is 2. The van der Waals surface area contributed by atoms with Crippen molar-refractivity contribution in [3.63, 3.8) is 0 Å². The zero-order valence-electron chi connectivity index (χ0n) is 14.3. The van der Waals surface area contributed by atoms with E-state index in [2.05, 4.69) is 5.32 Å². The van der Waals surface area contributed by atoms with Gasteiger partial charge in [-0.2, -0.15) is 0 Å². The van der Waals surface area contributed by atoms with Gasteiger partial charge in [-0.1, -0.05) is 24.3 Å². The van der Waals surface area contributed by atoms with Gasteiger partial charge in [0.05, 0.1) is 11.4 Å². The third-order valence-corrected chi connectivity index (χ3v) is 3.74. The summed E-state index contributed by atoms with van der Waals surface area (Å²) in [4.78, 5) is 14.5. The van der Waals surface area contributed by atoms with Crippen molar-refractivity contribution in [1.82, 2.24) is 4.90 Å². The van der Waals surface area contributed by atoms with Gasteiger partial charge in [-0.15, -0.1) is 0 Å². The number of amides is 1. The number of benzene rings is 2. The molecule has 0 unspecified atom stereocenters. The molecule has 6 heteroatoms. The Bertz CT molecular complexity index is 887. The van der Waals surface area contributed by atoms with Gasteiger partial charge in [0.15, 0.2) is 17.1 Å². The van der Waals surface area contributed by atoms with Crippen molar-refractivity contribution in [2.24, 2.45) is 0 Å². The van der Waals surface area contributed by atoms with Crippen molar-refractivity contribution < 1.29 is 13.9 Å². The molecule has 0 atom stereocenters. The Balaban J connectivity index is 1.81. The van der Waals surface area contributed by atoms with Crippen molar-refractivity contribution in [1.29, 1.82) is 0 Å². The number of rotatable bonds is 6. The van der Waals surface area contributed by atoms with Crippen LogP contribution in [0.1, 0.15) is 10.6 Å². The number of nitrogen functional groups attached to an aromatic ring is 1. The summed E-state index contributed by atoms with van der Waals surface area (Å²) >= 11 is 0. The Hall–Kier alpha value is -2.99. The van der Waals surface area contributed by atoms with Crippen LogP contribution in [0.5, 0.6) is 5.75 Å². The summed E-state index contributed by atoms with van der Waals surface area (Å²) < 4.78 is 11.5. The average Bonchev–Trinajstić information content (AvgIpc) is 3.02. The van der Waals surface area contributed by atoms with Gasteiger partial charge in [-0.05, 0) is 38.4 Å². The van der Waals surface area contributed by atoms with Crippen LogP contribution in [-0.2, 0) is 0 Å². The monoisotopic (exact) mass is 339 g/mol. The first-order valence-corrected chi connectivity index (χ1v) is 8.00. The van der Waals surface area contributed by atoms with E-state index in [0.717, 1.165) is 11.9 Å². The number of para-hydroxylation sites is 3. The fourth-order valence-corrected chi connectivity index (χ4v) is 2.39. The van der Waals surface area contributed by atoms with Gasteiger partial charge in [0.1, 0.15) is 6.61 Å². The van der Waals surface area contributed by atoms with Gasteiger partial charge in [-0.25, -0.2) is 0 Å². The maximum atomic E-state index is 12.4. The zero-order valence-corrected chi connectivity index (χ0v) is 14.3. The van der Waals surface area contributed by atoms with E-state index in [-0.39, 0.29) is 11.7 Å². The smallest absolute Gasteiger partial charge is 0.291 e.